The molecular formula is C13H14N2O3S2. The Morgan fingerprint density at radius 3 is 2.75 bits per heavy atom. The molecule has 7 heteroatoms. The van der Waals surface area contributed by atoms with Gasteiger partial charge in [-0.2, -0.15) is 0 Å². The van der Waals surface area contributed by atoms with Crippen LogP contribution in [0.1, 0.15) is 38.9 Å². The molecule has 2 heterocycles. The molecule has 0 aromatic carbocycles. The number of rotatable bonds is 5. The van der Waals surface area contributed by atoms with Gasteiger partial charge in [-0.1, -0.05) is 31.3 Å². The van der Waals surface area contributed by atoms with Crippen LogP contribution in [-0.2, 0) is 6.42 Å². The smallest absolute Gasteiger partial charge is 0.347 e. The summed E-state index contributed by atoms with van der Waals surface area (Å²) in [6.07, 6.45) is 0.576. The van der Waals surface area contributed by atoms with Gasteiger partial charge in [-0.15, -0.1) is 11.3 Å². The van der Waals surface area contributed by atoms with E-state index in [0.29, 0.717) is 28.0 Å². The number of amides is 1. The van der Waals surface area contributed by atoms with Crippen LogP contribution in [0.4, 0.5) is 5.13 Å². The van der Waals surface area contributed by atoms with Crippen LogP contribution in [0.25, 0.3) is 0 Å². The maximum absolute atomic E-state index is 11.9. The molecule has 0 aliphatic rings. The minimum Gasteiger partial charge on any atom is -0.477 e. The van der Waals surface area contributed by atoms with Gasteiger partial charge < -0.3 is 5.11 Å². The quantitative estimate of drug-likeness (QED) is 0.887. The number of nitrogens with zero attached hydrogens (tertiary/aromatic N) is 1. The summed E-state index contributed by atoms with van der Waals surface area (Å²) in [6.45, 7) is 3.99. The maximum Gasteiger partial charge on any atom is 0.347 e. The number of nitrogens with one attached hydrogen (secondary N) is 1. The van der Waals surface area contributed by atoms with Crippen molar-refractivity contribution in [3.05, 3.63) is 33.0 Å². The third-order valence-electron chi connectivity index (χ3n) is 2.46. The normalized spacial score (nSPS) is 10.8. The Hall–Kier alpha value is -1.73. The molecule has 0 saturated heterocycles. The van der Waals surface area contributed by atoms with Crippen molar-refractivity contribution in [2.75, 3.05) is 5.32 Å². The summed E-state index contributed by atoms with van der Waals surface area (Å²) < 4.78 is 0. The number of aromatic carboxylic acids is 1. The Bertz CT molecular complexity index is 618. The van der Waals surface area contributed by atoms with Crippen LogP contribution < -0.4 is 5.32 Å². The lowest BCUT2D eigenvalue weighted by molar-refractivity contribution is 0.0700. The van der Waals surface area contributed by atoms with Crippen molar-refractivity contribution < 1.29 is 14.7 Å². The van der Waals surface area contributed by atoms with Crippen LogP contribution in [0.3, 0.4) is 0 Å². The highest BCUT2D eigenvalue weighted by Gasteiger charge is 2.19. The Labute approximate surface area is 124 Å². The predicted molar refractivity (Wildman–Crippen MR) is 79.9 cm³/mol. The highest BCUT2D eigenvalue weighted by molar-refractivity contribution is 7.18. The van der Waals surface area contributed by atoms with E-state index in [1.54, 1.807) is 12.1 Å². The summed E-state index contributed by atoms with van der Waals surface area (Å²) in [6, 6.07) is 3.50. The lowest BCUT2D eigenvalue weighted by Gasteiger charge is -2.01. The van der Waals surface area contributed by atoms with Gasteiger partial charge in [0.2, 0.25) is 0 Å². The lowest BCUT2D eigenvalue weighted by Crippen LogP contribution is -2.10. The number of carboxylic acids is 1. The van der Waals surface area contributed by atoms with E-state index in [2.05, 4.69) is 10.3 Å². The van der Waals surface area contributed by atoms with E-state index >= 15 is 0 Å². The summed E-state index contributed by atoms with van der Waals surface area (Å²) in [5.41, 5.74) is 0.527. The van der Waals surface area contributed by atoms with Gasteiger partial charge in [-0.3, -0.25) is 10.1 Å². The number of anilines is 1. The summed E-state index contributed by atoms with van der Waals surface area (Å²) in [7, 11) is 0. The van der Waals surface area contributed by atoms with Crippen LogP contribution in [0.2, 0.25) is 0 Å². The largest absolute Gasteiger partial charge is 0.477 e. The average molecular weight is 310 g/mol. The topological polar surface area (TPSA) is 79.3 Å². The lowest BCUT2D eigenvalue weighted by atomic mass is 10.1. The zero-order valence-electron chi connectivity index (χ0n) is 11.0. The number of carbonyl (C=O) groups is 2. The molecule has 0 spiro atoms. The molecule has 0 atom stereocenters. The number of thiazole rings is 1. The van der Waals surface area contributed by atoms with Crippen LogP contribution in [0.15, 0.2) is 17.5 Å². The third kappa shape index (κ3) is 3.43. The van der Waals surface area contributed by atoms with Crippen molar-refractivity contribution in [1.29, 1.82) is 0 Å². The predicted octanol–water partition coefficient (Wildman–Crippen LogP) is 3.35. The molecule has 2 rings (SSSR count). The van der Waals surface area contributed by atoms with E-state index < -0.39 is 5.97 Å². The first-order chi connectivity index (χ1) is 9.47. The molecule has 106 valence electrons. The monoisotopic (exact) mass is 310 g/mol. The van der Waals surface area contributed by atoms with E-state index in [9.17, 15) is 9.59 Å². The first-order valence-electron chi connectivity index (χ1n) is 6.05. The van der Waals surface area contributed by atoms with Crippen molar-refractivity contribution >= 4 is 39.7 Å². The second kappa shape index (κ2) is 6.15. The van der Waals surface area contributed by atoms with Crippen molar-refractivity contribution in [3.63, 3.8) is 0 Å². The molecule has 1 amide bonds. The molecule has 2 aromatic heterocycles. The van der Waals surface area contributed by atoms with Gasteiger partial charge in [0, 0.05) is 0 Å². The van der Waals surface area contributed by atoms with Crippen molar-refractivity contribution in [3.8, 4) is 0 Å². The number of thiophene rings is 1. The van der Waals surface area contributed by atoms with Gasteiger partial charge in [0.25, 0.3) is 5.91 Å². The number of carboxylic acid groups (broad SMARTS) is 1. The number of hydrogen-bond donors (Lipinski definition) is 2. The molecule has 2 N–H and O–H groups in total. The van der Waals surface area contributed by atoms with Crippen molar-refractivity contribution in [2.24, 2.45) is 5.92 Å². The molecule has 0 aliphatic heterocycles. The highest BCUT2D eigenvalue weighted by Crippen LogP contribution is 2.26. The zero-order chi connectivity index (χ0) is 14.7. The van der Waals surface area contributed by atoms with Crippen LogP contribution in [0.5, 0.6) is 0 Å². The van der Waals surface area contributed by atoms with Crippen LogP contribution in [-0.4, -0.2) is 22.0 Å². The molecular weight excluding hydrogens is 296 g/mol. The van der Waals surface area contributed by atoms with E-state index in [4.69, 9.17) is 5.11 Å². The van der Waals surface area contributed by atoms with Gasteiger partial charge in [0.15, 0.2) is 5.13 Å². The number of carbonyl (C=O) groups excluding carboxylic acids is 1. The van der Waals surface area contributed by atoms with Crippen molar-refractivity contribution in [2.45, 2.75) is 20.3 Å². The van der Waals surface area contributed by atoms with Crippen LogP contribution >= 0.6 is 22.7 Å². The van der Waals surface area contributed by atoms with Gasteiger partial charge >= 0.3 is 5.97 Å². The molecule has 0 radical (unpaired) electrons. The second-order valence-electron chi connectivity index (χ2n) is 4.63. The fourth-order valence-corrected chi connectivity index (χ4v) is 3.11. The molecule has 5 nitrogen and oxygen atoms in total. The first-order valence-corrected chi connectivity index (χ1v) is 7.75. The van der Waals surface area contributed by atoms with E-state index in [1.807, 2.05) is 19.2 Å². The SMILES string of the molecule is CC(C)Cc1nc(NC(=O)c2cccs2)sc1C(=O)O. The minimum atomic E-state index is -1.00. The minimum absolute atomic E-state index is 0.195. The van der Waals surface area contributed by atoms with Gasteiger partial charge in [-0.25, -0.2) is 9.78 Å². The molecule has 0 unspecified atom stereocenters. The zero-order valence-corrected chi connectivity index (χ0v) is 12.7. The molecule has 20 heavy (non-hydrogen) atoms. The first kappa shape index (κ1) is 14.7. The Morgan fingerprint density at radius 2 is 2.20 bits per heavy atom. The number of hydrogen-bond acceptors (Lipinski definition) is 5. The summed E-state index contributed by atoms with van der Waals surface area (Å²) in [5.74, 6) is -0.965. The van der Waals surface area contributed by atoms with Gasteiger partial charge in [-0.05, 0) is 23.8 Å². The van der Waals surface area contributed by atoms with E-state index in [0.717, 1.165) is 11.3 Å². The fourth-order valence-electron chi connectivity index (χ4n) is 1.66. The van der Waals surface area contributed by atoms with Gasteiger partial charge in [0.05, 0.1) is 10.6 Å². The summed E-state index contributed by atoms with van der Waals surface area (Å²) in [5, 5.41) is 14.0. The van der Waals surface area contributed by atoms with Gasteiger partial charge in [0.1, 0.15) is 4.88 Å². The fraction of sp³-hybridized carbons (Fsp3) is 0.308. The summed E-state index contributed by atoms with van der Waals surface area (Å²) in [4.78, 5) is 28.1. The Morgan fingerprint density at radius 1 is 1.45 bits per heavy atom. The van der Waals surface area contributed by atoms with Crippen molar-refractivity contribution in [1.82, 2.24) is 4.98 Å². The Balaban J connectivity index is 2.20. The standard InChI is InChI=1S/C13H14N2O3S2/c1-7(2)6-8-10(12(17)18)20-13(14-8)15-11(16)9-4-3-5-19-9/h3-5,7H,6H2,1-2H3,(H,17,18)(H,14,15,16). The van der Waals surface area contributed by atoms with E-state index in [1.165, 1.54) is 11.3 Å². The molecule has 0 saturated carbocycles. The average Bonchev–Trinajstić information content (AvgIpc) is 2.97. The second-order valence-corrected chi connectivity index (χ2v) is 6.58. The summed E-state index contributed by atoms with van der Waals surface area (Å²) >= 11 is 2.32. The number of aromatic nitrogens is 1. The highest BCUT2D eigenvalue weighted by atomic mass is 32.1. The molecule has 2 aromatic rings. The molecule has 0 bridgehead atoms. The third-order valence-corrected chi connectivity index (χ3v) is 4.33. The Kier molecular flexibility index (Phi) is 4.51. The van der Waals surface area contributed by atoms with E-state index in [-0.39, 0.29) is 10.8 Å². The maximum atomic E-state index is 11.9. The molecule has 0 aliphatic carbocycles. The van der Waals surface area contributed by atoms with Crippen LogP contribution in [0, 0.1) is 5.92 Å². The molecule has 0 fully saturated rings.